The van der Waals surface area contributed by atoms with Crippen molar-refractivity contribution in [3.05, 3.63) is 65.2 Å². The number of hydrogen-bond acceptors (Lipinski definition) is 7. The lowest BCUT2D eigenvalue weighted by Gasteiger charge is -2.17. The second-order valence-electron chi connectivity index (χ2n) is 9.19. The van der Waals surface area contributed by atoms with E-state index in [9.17, 15) is 14.7 Å². The smallest absolute Gasteiger partial charge is 0.328 e. The van der Waals surface area contributed by atoms with E-state index in [1.54, 1.807) is 35.2 Å². The molecule has 2 aromatic rings. The molecule has 0 heterocycles. The predicted molar refractivity (Wildman–Crippen MR) is 150 cm³/mol. The first-order valence-electron chi connectivity index (χ1n) is 12.3. The second kappa shape index (κ2) is 16.8. The highest BCUT2D eigenvalue weighted by Crippen LogP contribution is 2.27. The van der Waals surface area contributed by atoms with Crippen LogP contribution in [-0.2, 0) is 22.4 Å². The van der Waals surface area contributed by atoms with Gasteiger partial charge in [-0.3, -0.25) is 0 Å². The number of carboxylic acid groups (broad SMARTS) is 2. The Morgan fingerprint density at radius 2 is 1.54 bits per heavy atom. The fourth-order valence-electron chi connectivity index (χ4n) is 3.40. The molecule has 0 saturated carbocycles. The molecule has 2 rings (SSSR count). The van der Waals surface area contributed by atoms with Crippen LogP contribution in [0.3, 0.4) is 0 Å². The molecule has 0 aliphatic rings. The molecule has 0 fully saturated rings. The number of aliphatic hydroxyl groups is 1. The summed E-state index contributed by atoms with van der Waals surface area (Å²) < 4.78 is 16.1. The number of hydrogen-bond donors (Lipinski definition) is 3. The van der Waals surface area contributed by atoms with Crippen LogP contribution in [0.25, 0.3) is 0 Å². The summed E-state index contributed by atoms with van der Waals surface area (Å²) in [6, 6.07) is 12.0. The highest BCUT2D eigenvalue weighted by Gasteiger charge is 2.09. The number of ether oxygens (including phenoxy) is 3. The van der Waals surface area contributed by atoms with E-state index in [-0.39, 0.29) is 0 Å². The van der Waals surface area contributed by atoms with Gasteiger partial charge in [-0.1, -0.05) is 17.9 Å². The van der Waals surface area contributed by atoms with Gasteiger partial charge in [0.05, 0.1) is 21.3 Å². The molecule has 0 saturated heterocycles. The van der Waals surface area contributed by atoms with Gasteiger partial charge in [-0.2, -0.15) is 0 Å². The molecule has 0 amide bonds. The van der Waals surface area contributed by atoms with Crippen LogP contribution in [0.1, 0.15) is 37.0 Å². The summed E-state index contributed by atoms with van der Waals surface area (Å²) in [5, 5.41) is 25.5. The van der Waals surface area contributed by atoms with Crippen LogP contribution in [0.5, 0.6) is 17.2 Å². The van der Waals surface area contributed by atoms with Crippen molar-refractivity contribution in [2.75, 3.05) is 41.5 Å². The summed E-state index contributed by atoms with van der Waals surface area (Å²) in [6.45, 7) is 5.31. The number of aliphatic carboxylic acids is 2. The summed E-state index contributed by atoms with van der Waals surface area (Å²) in [7, 11) is 7.12. The molecule has 0 atom stereocenters. The maximum Gasteiger partial charge on any atom is 0.328 e. The molecule has 212 valence electrons. The van der Waals surface area contributed by atoms with Crippen molar-refractivity contribution in [1.82, 2.24) is 4.90 Å². The average molecular weight is 542 g/mol. The third kappa shape index (κ3) is 13.9. The Labute approximate surface area is 230 Å². The standard InChI is InChI=1S/C26H35NO4.C4H4O4/c1-26(2,28)15-13-21-10-11-23(29-4)19-22(21)8-7-16-27(3)17-14-20-9-12-24(30-5)25(18-20)31-6;5-3(6)1-2-4(7)8/h9-12,18-19,28H,7-8,14,16-17H2,1-6H3;1-2H,(H,5,6)(H,7,8)/b;2-1+. The number of methoxy groups -OCH3 is 3. The number of likely N-dealkylation sites (N-methyl/N-ethyl adjacent to an activating group) is 1. The third-order valence-corrected chi connectivity index (χ3v) is 5.40. The van der Waals surface area contributed by atoms with Crippen molar-refractivity contribution in [1.29, 1.82) is 0 Å². The second-order valence-corrected chi connectivity index (χ2v) is 9.19. The Hall–Kier alpha value is -4.00. The molecule has 0 bridgehead atoms. The van der Waals surface area contributed by atoms with Gasteiger partial charge < -0.3 is 34.4 Å². The zero-order valence-corrected chi connectivity index (χ0v) is 23.5. The topological polar surface area (TPSA) is 126 Å². The zero-order chi connectivity index (χ0) is 29.4. The van der Waals surface area contributed by atoms with Crippen LogP contribution in [0, 0.1) is 11.8 Å². The number of benzene rings is 2. The lowest BCUT2D eigenvalue weighted by Crippen LogP contribution is -2.23. The molecule has 0 aliphatic heterocycles. The average Bonchev–Trinajstić information content (AvgIpc) is 2.89. The highest BCUT2D eigenvalue weighted by molar-refractivity contribution is 5.89. The van der Waals surface area contributed by atoms with Crippen molar-refractivity contribution < 1.29 is 39.1 Å². The van der Waals surface area contributed by atoms with Gasteiger partial charge in [0.1, 0.15) is 11.4 Å². The van der Waals surface area contributed by atoms with Gasteiger partial charge in [0.15, 0.2) is 11.5 Å². The van der Waals surface area contributed by atoms with Crippen LogP contribution >= 0.6 is 0 Å². The minimum Gasteiger partial charge on any atom is -0.497 e. The molecule has 2 aromatic carbocycles. The fourth-order valence-corrected chi connectivity index (χ4v) is 3.40. The van der Waals surface area contributed by atoms with E-state index in [0.717, 1.165) is 60.7 Å². The van der Waals surface area contributed by atoms with E-state index in [0.29, 0.717) is 12.2 Å². The normalized spacial score (nSPS) is 10.8. The Bertz CT molecular complexity index is 1160. The molecule has 39 heavy (non-hydrogen) atoms. The predicted octanol–water partition coefficient (Wildman–Crippen LogP) is 3.65. The number of nitrogens with zero attached hydrogens (tertiary/aromatic N) is 1. The summed E-state index contributed by atoms with van der Waals surface area (Å²) >= 11 is 0. The molecule has 0 unspecified atom stereocenters. The molecular weight excluding hydrogens is 502 g/mol. The van der Waals surface area contributed by atoms with Crippen LogP contribution in [0.15, 0.2) is 48.6 Å². The molecule has 3 N–H and O–H groups in total. The number of aryl methyl sites for hydroxylation is 1. The van der Waals surface area contributed by atoms with Gasteiger partial charge in [0.25, 0.3) is 0 Å². The minimum atomic E-state index is -1.26. The maximum absolute atomic E-state index is 9.91. The fraction of sp³-hybridized carbons (Fsp3) is 0.400. The first kappa shape index (κ1) is 33.0. The molecule has 0 aromatic heterocycles. The zero-order valence-electron chi connectivity index (χ0n) is 23.5. The summed E-state index contributed by atoms with van der Waals surface area (Å²) in [5.41, 5.74) is 2.29. The van der Waals surface area contributed by atoms with E-state index >= 15 is 0 Å². The highest BCUT2D eigenvalue weighted by atomic mass is 16.5. The van der Waals surface area contributed by atoms with Crippen molar-refractivity contribution in [2.45, 2.75) is 38.7 Å². The largest absolute Gasteiger partial charge is 0.497 e. The molecular formula is C30H39NO8. The monoisotopic (exact) mass is 541 g/mol. The number of rotatable bonds is 12. The first-order valence-corrected chi connectivity index (χ1v) is 12.3. The molecule has 0 aliphatic carbocycles. The van der Waals surface area contributed by atoms with Crippen molar-refractivity contribution in [3.8, 4) is 29.1 Å². The Morgan fingerprint density at radius 3 is 2.08 bits per heavy atom. The minimum absolute atomic E-state index is 0.558. The van der Waals surface area contributed by atoms with Crippen molar-refractivity contribution >= 4 is 11.9 Å². The van der Waals surface area contributed by atoms with Crippen molar-refractivity contribution in [3.63, 3.8) is 0 Å². The summed E-state index contributed by atoms with van der Waals surface area (Å²) in [5.74, 6) is 5.85. The Kier molecular flexibility index (Phi) is 14.2. The first-order chi connectivity index (χ1) is 18.4. The molecule has 0 spiro atoms. The van der Waals surface area contributed by atoms with E-state index in [2.05, 4.69) is 29.9 Å². The molecule has 9 nitrogen and oxygen atoms in total. The van der Waals surface area contributed by atoms with E-state index in [1.165, 1.54) is 5.56 Å². The van der Waals surface area contributed by atoms with Gasteiger partial charge in [-0.15, -0.1) is 0 Å². The molecule has 0 radical (unpaired) electrons. The van der Waals surface area contributed by atoms with Crippen LogP contribution in [0.2, 0.25) is 0 Å². The summed E-state index contributed by atoms with van der Waals surface area (Å²) in [6.07, 6.45) is 3.96. The van der Waals surface area contributed by atoms with Crippen LogP contribution in [-0.4, -0.2) is 79.2 Å². The van der Waals surface area contributed by atoms with Gasteiger partial charge in [0, 0.05) is 24.3 Å². The van der Waals surface area contributed by atoms with Gasteiger partial charge in [-0.05, 0) is 88.2 Å². The van der Waals surface area contributed by atoms with Gasteiger partial charge >= 0.3 is 11.9 Å². The van der Waals surface area contributed by atoms with E-state index in [1.807, 2.05) is 30.3 Å². The lowest BCUT2D eigenvalue weighted by molar-refractivity contribution is -0.134. The third-order valence-electron chi connectivity index (χ3n) is 5.40. The Balaban J connectivity index is 0.000000824. The lowest BCUT2D eigenvalue weighted by atomic mass is 10.0. The SMILES string of the molecule is COc1ccc(C#CC(C)(C)O)c(CCCN(C)CCc2ccc(OC)c(OC)c2)c1.O=C(O)/C=C/C(=O)O. The van der Waals surface area contributed by atoms with Crippen molar-refractivity contribution in [2.24, 2.45) is 0 Å². The summed E-state index contributed by atoms with van der Waals surface area (Å²) in [4.78, 5) is 21.4. The Morgan fingerprint density at radius 1 is 0.897 bits per heavy atom. The molecule has 9 heteroatoms. The van der Waals surface area contributed by atoms with Gasteiger partial charge in [0.2, 0.25) is 0 Å². The quantitative estimate of drug-likeness (QED) is 0.273. The maximum atomic E-state index is 9.91. The van der Waals surface area contributed by atoms with E-state index in [4.69, 9.17) is 24.4 Å². The van der Waals surface area contributed by atoms with Crippen LogP contribution < -0.4 is 14.2 Å². The van der Waals surface area contributed by atoms with E-state index < -0.39 is 17.5 Å². The van der Waals surface area contributed by atoms with Crippen LogP contribution in [0.4, 0.5) is 0 Å². The number of carbonyl (C=O) groups is 2. The van der Waals surface area contributed by atoms with Gasteiger partial charge in [-0.25, -0.2) is 9.59 Å². The number of carboxylic acids is 2.